The van der Waals surface area contributed by atoms with E-state index in [0.29, 0.717) is 30.2 Å². The number of hydrogen-bond acceptors (Lipinski definition) is 7. The second-order valence-electron chi connectivity index (χ2n) is 11.7. The SMILES string of the molecule is CCOC(=O)C(=CCCCN(C(=O)OC(C)(C)C)C(=O)OC(C)(C)C)c1cn(C2CCC(C)CC2)cn1. The Balaban J connectivity index is 2.14. The maximum Gasteiger partial charge on any atom is 0.419 e. The van der Waals surface area contributed by atoms with Crippen LogP contribution in [-0.2, 0) is 19.0 Å². The molecule has 1 aromatic heterocycles. The van der Waals surface area contributed by atoms with Gasteiger partial charge in [-0.2, -0.15) is 0 Å². The Morgan fingerprint density at radius 3 is 2.11 bits per heavy atom. The van der Waals surface area contributed by atoms with Crippen molar-refractivity contribution in [3.8, 4) is 0 Å². The molecule has 208 valence electrons. The molecule has 0 bridgehead atoms. The van der Waals surface area contributed by atoms with Gasteiger partial charge in [0.1, 0.15) is 11.2 Å². The topological polar surface area (TPSA) is 100.0 Å². The Hall–Kier alpha value is -2.84. The van der Waals surface area contributed by atoms with E-state index in [0.717, 1.165) is 23.7 Å². The summed E-state index contributed by atoms with van der Waals surface area (Å²) in [6.07, 6.45) is 9.32. The molecule has 0 aromatic carbocycles. The van der Waals surface area contributed by atoms with Gasteiger partial charge < -0.3 is 18.8 Å². The minimum atomic E-state index is -0.767. The number of amides is 2. The summed E-state index contributed by atoms with van der Waals surface area (Å²) in [6.45, 7) is 14.8. The van der Waals surface area contributed by atoms with Gasteiger partial charge in [-0.1, -0.05) is 13.0 Å². The number of imide groups is 1. The second kappa shape index (κ2) is 13.1. The Morgan fingerprint density at radius 2 is 1.59 bits per heavy atom. The molecule has 0 radical (unpaired) electrons. The first-order chi connectivity index (χ1) is 17.2. The van der Waals surface area contributed by atoms with Crippen molar-refractivity contribution >= 4 is 23.7 Å². The first kappa shape index (κ1) is 30.4. The summed E-state index contributed by atoms with van der Waals surface area (Å²) in [5.41, 5.74) is -0.577. The highest BCUT2D eigenvalue weighted by Gasteiger charge is 2.31. The van der Waals surface area contributed by atoms with Gasteiger partial charge in [-0.3, -0.25) is 0 Å². The Kier molecular flexibility index (Phi) is 10.8. The van der Waals surface area contributed by atoms with E-state index in [-0.39, 0.29) is 13.2 Å². The van der Waals surface area contributed by atoms with Crippen molar-refractivity contribution in [3.63, 3.8) is 0 Å². The van der Waals surface area contributed by atoms with Crippen LogP contribution in [0.15, 0.2) is 18.6 Å². The zero-order valence-corrected chi connectivity index (χ0v) is 23.8. The average Bonchev–Trinajstić information content (AvgIpc) is 3.24. The van der Waals surface area contributed by atoms with Gasteiger partial charge in [-0.05, 0) is 92.9 Å². The highest BCUT2D eigenvalue weighted by molar-refractivity contribution is 6.15. The van der Waals surface area contributed by atoms with Crippen molar-refractivity contribution in [3.05, 3.63) is 24.3 Å². The smallest absolute Gasteiger partial charge is 0.419 e. The summed E-state index contributed by atoms with van der Waals surface area (Å²) in [6, 6.07) is 0.386. The van der Waals surface area contributed by atoms with Crippen LogP contribution in [0, 0.1) is 5.92 Å². The number of unbranched alkanes of at least 4 members (excludes halogenated alkanes) is 1. The van der Waals surface area contributed by atoms with Gasteiger partial charge in [-0.15, -0.1) is 0 Å². The molecule has 0 N–H and O–H groups in total. The van der Waals surface area contributed by atoms with Crippen molar-refractivity contribution in [2.45, 2.75) is 111 Å². The summed E-state index contributed by atoms with van der Waals surface area (Å²) in [4.78, 5) is 43.6. The quantitative estimate of drug-likeness (QED) is 0.166. The lowest BCUT2D eigenvalue weighted by Crippen LogP contribution is -2.44. The summed E-state index contributed by atoms with van der Waals surface area (Å²) < 4.78 is 18.2. The molecule has 1 aromatic rings. The van der Waals surface area contributed by atoms with Gasteiger partial charge in [0.2, 0.25) is 0 Å². The number of imidazole rings is 1. The minimum Gasteiger partial charge on any atom is -0.462 e. The largest absolute Gasteiger partial charge is 0.462 e. The second-order valence-corrected chi connectivity index (χ2v) is 11.7. The fourth-order valence-corrected chi connectivity index (χ4v) is 4.10. The molecule has 1 aliphatic carbocycles. The minimum absolute atomic E-state index is 0.0745. The van der Waals surface area contributed by atoms with Crippen LogP contribution in [0.25, 0.3) is 5.57 Å². The zero-order valence-electron chi connectivity index (χ0n) is 23.8. The van der Waals surface area contributed by atoms with Gasteiger partial charge in [0.25, 0.3) is 0 Å². The maximum absolute atomic E-state index is 12.7. The van der Waals surface area contributed by atoms with Gasteiger partial charge in [0.15, 0.2) is 0 Å². The number of rotatable bonds is 8. The monoisotopic (exact) mass is 519 g/mol. The lowest BCUT2D eigenvalue weighted by molar-refractivity contribution is -0.136. The van der Waals surface area contributed by atoms with E-state index in [1.807, 2.05) is 6.20 Å². The summed E-state index contributed by atoms with van der Waals surface area (Å²) in [5.74, 6) is 0.302. The number of hydrogen-bond donors (Lipinski definition) is 0. The van der Waals surface area contributed by atoms with Crippen LogP contribution in [0.5, 0.6) is 0 Å². The molecular formula is C28H45N3O6. The van der Waals surface area contributed by atoms with E-state index in [4.69, 9.17) is 14.2 Å². The highest BCUT2D eigenvalue weighted by atomic mass is 16.6. The number of nitrogens with zero attached hydrogens (tertiary/aromatic N) is 3. The van der Waals surface area contributed by atoms with E-state index in [9.17, 15) is 14.4 Å². The number of esters is 1. The zero-order chi connectivity index (χ0) is 27.8. The van der Waals surface area contributed by atoms with Crippen molar-refractivity contribution in [2.75, 3.05) is 13.2 Å². The van der Waals surface area contributed by atoms with E-state index in [1.165, 1.54) is 12.8 Å². The van der Waals surface area contributed by atoms with Crippen molar-refractivity contribution in [1.29, 1.82) is 0 Å². The molecule has 0 aliphatic heterocycles. The molecule has 9 nitrogen and oxygen atoms in total. The van der Waals surface area contributed by atoms with Crippen molar-refractivity contribution in [1.82, 2.24) is 14.5 Å². The van der Waals surface area contributed by atoms with Crippen LogP contribution in [0.2, 0.25) is 0 Å². The standard InChI is InChI=1S/C28H45N3O6/c1-9-35-24(32)22(23-18-30(19-29-23)21-15-13-20(2)14-16-21)12-10-11-17-31(25(33)36-27(3,4)5)26(34)37-28(6,7)8/h12,18-21H,9-11,13-17H2,1-8H3. The first-order valence-electron chi connectivity index (χ1n) is 13.3. The molecule has 2 rings (SSSR count). The Morgan fingerprint density at radius 1 is 1.03 bits per heavy atom. The lowest BCUT2D eigenvalue weighted by atomic mass is 9.87. The molecule has 1 heterocycles. The summed E-state index contributed by atoms with van der Waals surface area (Å²) in [5, 5.41) is 0. The number of aromatic nitrogens is 2. The third-order valence-electron chi connectivity index (χ3n) is 5.94. The predicted molar refractivity (Wildman–Crippen MR) is 142 cm³/mol. The highest BCUT2D eigenvalue weighted by Crippen LogP contribution is 2.32. The predicted octanol–water partition coefficient (Wildman–Crippen LogP) is 6.53. The molecule has 0 saturated heterocycles. The number of carbonyl (C=O) groups excluding carboxylic acids is 3. The maximum atomic E-state index is 12.7. The third-order valence-corrected chi connectivity index (χ3v) is 5.94. The van der Waals surface area contributed by atoms with Crippen molar-refractivity contribution in [2.24, 2.45) is 5.92 Å². The Bertz CT molecular complexity index is 918. The first-order valence-corrected chi connectivity index (χ1v) is 13.3. The average molecular weight is 520 g/mol. The fourth-order valence-electron chi connectivity index (χ4n) is 4.10. The molecule has 1 saturated carbocycles. The molecule has 0 unspecified atom stereocenters. The molecule has 1 fully saturated rings. The van der Waals surface area contributed by atoms with Crippen molar-refractivity contribution < 1.29 is 28.6 Å². The normalized spacial score (nSPS) is 18.8. The van der Waals surface area contributed by atoms with Crippen LogP contribution < -0.4 is 0 Å². The number of allylic oxidation sites excluding steroid dienone is 1. The fraction of sp³-hybridized carbons (Fsp3) is 0.714. The summed E-state index contributed by atoms with van der Waals surface area (Å²) >= 11 is 0. The molecule has 2 amide bonds. The third kappa shape index (κ3) is 10.2. The van der Waals surface area contributed by atoms with Gasteiger partial charge in [-0.25, -0.2) is 24.3 Å². The van der Waals surface area contributed by atoms with E-state index in [1.54, 1.807) is 60.9 Å². The van der Waals surface area contributed by atoms with Crippen LogP contribution in [-0.4, -0.2) is 57.0 Å². The summed E-state index contributed by atoms with van der Waals surface area (Å²) in [7, 11) is 0. The molecule has 9 heteroatoms. The Labute approximate surface area is 221 Å². The van der Waals surface area contributed by atoms with Crippen LogP contribution in [0.3, 0.4) is 0 Å². The lowest BCUT2D eigenvalue weighted by Gasteiger charge is -2.28. The van der Waals surface area contributed by atoms with Gasteiger partial charge >= 0.3 is 18.2 Å². The molecular weight excluding hydrogens is 474 g/mol. The number of carbonyl (C=O) groups is 3. The molecule has 1 aliphatic rings. The molecule has 37 heavy (non-hydrogen) atoms. The van der Waals surface area contributed by atoms with E-state index >= 15 is 0 Å². The van der Waals surface area contributed by atoms with E-state index < -0.39 is 29.4 Å². The van der Waals surface area contributed by atoms with Crippen LogP contribution in [0.4, 0.5) is 9.59 Å². The molecule has 0 spiro atoms. The van der Waals surface area contributed by atoms with Crippen LogP contribution in [0.1, 0.15) is 106 Å². The van der Waals surface area contributed by atoms with Crippen LogP contribution >= 0.6 is 0 Å². The molecule has 0 atom stereocenters. The number of ether oxygens (including phenoxy) is 3. The van der Waals surface area contributed by atoms with E-state index in [2.05, 4.69) is 16.5 Å². The van der Waals surface area contributed by atoms with Gasteiger partial charge in [0.05, 0.1) is 24.2 Å². The van der Waals surface area contributed by atoms with Gasteiger partial charge in [0, 0.05) is 18.8 Å².